The third-order valence-corrected chi connectivity index (χ3v) is 3.21. The molecule has 0 atom stereocenters. The first kappa shape index (κ1) is 10.4. The average molecular weight is 306 g/mol. The predicted molar refractivity (Wildman–Crippen MR) is 63.4 cm³/mol. The fourth-order valence-electron chi connectivity index (χ4n) is 1.91. The van der Waals surface area contributed by atoms with Gasteiger partial charge in [0.05, 0.1) is 6.04 Å². The van der Waals surface area contributed by atoms with Crippen LogP contribution in [0.3, 0.4) is 0 Å². The van der Waals surface area contributed by atoms with Crippen molar-refractivity contribution >= 4 is 22.6 Å². The molecule has 1 saturated heterocycles. The van der Waals surface area contributed by atoms with Gasteiger partial charge in [0.25, 0.3) is 0 Å². The Morgan fingerprint density at radius 3 is 2.93 bits per heavy atom. The highest BCUT2D eigenvalue weighted by Gasteiger charge is 2.18. The van der Waals surface area contributed by atoms with E-state index in [0.29, 0.717) is 6.04 Å². The van der Waals surface area contributed by atoms with E-state index >= 15 is 0 Å². The van der Waals surface area contributed by atoms with E-state index in [1.54, 1.807) is 0 Å². The molecule has 1 aliphatic rings. The standard InChI is InChI=1S/C10H15IN2O/c1-2-8-7-10(11)12-13(8)9-3-5-14-6-4-9/h7,9H,2-6H2,1H3. The fourth-order valence-corrected chi connectivity index (χ4v) is 2.50. The van der Waals surface area contributed by atoms with Crippen LogP contribution in [0.15, 0.2) is 6.07 Å². The maximum absolute atomic E-state index is 5.36. The molecular formula is C10H15IN2O. The van der Waals surface area contributed by atoms with Crippen molar-refractivity contribution in [1.29, 1.82) is 0 Å². The number of aromatic nitrogens is 2. The van der Waals surface area contributed by atoms with Gasteiger partial charge in [-0.05, 0) is 47.9 Å². The molecule has 4 heteroatoms. The van der Waals surface area contributed by atoms with Crippen LogP contribution in [0.4, 0.5) is 0 Å². The quantitative estimate of drug-likeness (QED) is 0.785. The smallest absolute Gasteiger partial charge is 0.123 e. The van der Waals surface area contributed by atoms with Gasteiger partial charge in [0.2, 0.25) is 0 Å². The van der Waals surface area contributed by atoms with Gasteiger partial charge in [-0.25, -0.2) is 0 Å². The van der Waals surface area contributed by atoms with Crippen molar-refractivity contribution in [3.05, 3.63) is 15.5 Å². The lowest BCUT2D eigenvalue weighted by atomic mass is 10.1. The molecule has 0 unspecified atom stereocenters. The first-order chi connectivity index (χ1) is 6.81. The molecule has 0 aromatic carbocycles. The Morgan fingerprint density at radius 1 is 1.57 bits per heavy atom. The van der Waals surface area contributed by atoms with Gasteiger partial charge in [0.1, 0.15) is 3.70 Å². The summed E-state index contributed by atoms with van der Waals surface area (Å²) in [6.45, 7) is 3.94. The van der Waals surface area contributed by atoms with Crippen molar-refractivity contribution in [3.63, 3.8) is 0 Å². The molecule has 2 rings (SSSR count). The number of rotatable bonds is 2. The van der Waals surface area contributed by atoms with Crippen LogP contribution in [0.1, 0.15) is 31.5 Å². The van der Waals surface area contributed by atoms with E-state index in [2.05, 4.69) is 45.4 Å². The highest BCUT2D eigenvalue weighted by molar-refractivity contribution is 14.1. The van der Waals surface area contributed by atoms with Crippen LogP contribution >= 0.6 is 22.6 Å². The lowest BCUT2D eigenvalue weighted by Crippen LogP contribution is -2.21. The monoisotopic (exact) mass is 306 g/mol. The summed E-state index contributed by atoms with van der Waals surface area (Å²) in [5.74, 6) is 0. The second-order valence-corrected chi connectivity index (χ2v) is 4.71. The van der Waals surface area contributed by atoms with E-state index in [1.165, 1.54) is 5.69 Å². The maximum Gasteiger partial charge on any atom is 0.123 e. The zero-order chi connectivity index (χ0) is 9.97. The highest BCUT2D eigenvalue weighted by Crippen LogP contribution is 2.23. The summed E-state index contributed by atoms with van der Waals surface area (Å²) in [6.07, 6.45) is 3.27. The van der Waals surface area contributed by atoms with E-state index in [-0.39, 0.29) is 0 Å². The van der Waals surface area contributed by atoms with Crippen molar-refractivity contribution in [2.24, 2.45) is 0 Å². The van der Waals surface area contributed by atoms with Crippen LogP contribution in [0.25, 0.3) is 0 Å². The third-order valence-electron chi connectivity index (χ3n) is 2.68. The van der Waals surface area contributed by atoms with Gasteiger partial charge in [0, 0.05) is 18.9 Å². The molecule has 0 amide bonds. The Balaban J connectivity index is 2.20. The minimum Gasteiger partial charge on any atom is -0.381 e. The van der Waals surface area contributed by atoms with E-state index in [4.69, 9.17) is 4.74 Å². The van der Waals surface area contributed by atoms with E-state index in [1.807, 2.05) is 0 Å². The van der Waals surface area contributed by atoms with Crippen molar-refractivity contribution in [2.45, 2.75) is 32.2 Å². The summed E-state index contributed by atoms with van der Waals surface area (Å²) in [6, 6.07) is 2.73. The topological polar surface area (TPSA) is 27.1 Å². The van der Waals surface area contributed by atoms with Gasteiger partial charge in [-0.1, -0.05) is 6.92 Å². The molecule has 1 fully saturated rings. The minimum absolute atomic E-state index is 0.558. The van der Waals surface area contributed by atoms with Crippen LogP contribution in [-0.4, -0.2) is 23.0 Å². The van der Waals surface area contributed by atoms with Gasteiger partial charge in [-0.2, -0.15) is 5.10 Å². The van der Waals surface area contributed by atoms with Crippen LogP contribution < -0.4 is 0 Å². The van der Waals surface area contributed by atoms with Crippen LogP contribution in [0.5, 0.6) is 0 Å². The van der Waals surface area contributed by atoms with Crippen LogP contribution in [0.2, 0.25) is 0 Å². The van der Waals surface area contributed by atoms with Crippen LogP contribution in [-0.2, 0) is 11.2 Å². The second-order valence-electron chi connectivity index (χ2n) is 3.60. The molecular weight excluding hydrogens is 291 g/mol. The number of hydrogen-bond acceptors (Lipinski definition) is 2. The van der Waals surface area contributed by atoms with Gasteiger partial charge < -0.3 is 4.74 Å². The summed E-state index contributed by atoms with van der Waals surface area (Å²) in [4.78, 5) is 0. The number of hydrogen-bond donors (Lipinski definition) is 0. The lowest BCUT2D eigenvalue weighted by molar-refractivity contribution is 0.0654. The first-order valence-corrected chi connectivity index (χ1v) is 6.21. The van der Waals surface area contributed by atoms with Gasteiger partial charge in [-0.3, -0.25) is 4.68 Å². The minimum atomic E-state index is 0.558. The Hall–Kier alpha value is -0.100. The summed E-state index contributed by atoms with van der Waals surface area (Å²) >= 11 is 2.28. The Bertz CT molecular complexity index is 305. The molecule has 0 saturated carbocycles. The molecule has 3 nitrogen and oxygen atoms in total. The van der Waals surface area contributed by atoms with Crippen molar-refractivity contribution in [1.82, 2.24) is 9.78 Å². The molecule has 14 heavy (non-hydrogen) atoms. The molecule has 2 heterocycles. The summed E-state index contributed by atoms with van der Waals surface area (Å²) < 4.78 is 8.66. The number of ether oxygens (including phenoxy) is 1. The zero-order valence-corrected chi connectivity index (χ0v) is 10.5. The molecule has 0 spiro atoms. The van der Waals surface area contributed by atoms with Crippen molar-refractivity contribution < 1.29 is 4.74 Å². The van der Waals surface area contributed by atoms with Gasteiger partial charge in [0.15, 0.2) is 0 Å². The molecule has 78 valence electrons. The summed E-state index contributed by atoms with van der Waals surface area (Å²) in [5.41, 5.74) is 1.35. The normalized spacial score (nSPS) is 18.7. The molecule has 0 N–H and O–H groups in total. The van der Waals surface area contributed by atoms with E-state index < -0.39 is 0 Å². The van der Waals surface area contributed by atoms with Gasteiger partial charge in [-0.15, -0.1) is 0 Å². The van der Waals surface area contributed by atoms with Gasteiger partial charge >= 0.3 is 0 Å². The van der Waals surface area contributed by atoms with Crippen LogP contribution in [0, 0.1) is 3.70 Å². The largest absolute Gasteiger partial charge is 0.381 e. The zero-order valence-electron chi connectivity index (χ0n) is 8.37. The molecule has 0 aliphatic carbocycles. The fraction of sp³-hybridized carbons (Fsp3) is 0.700. The van der Waals surface area contributed by atoms with Crippen molar-refractivity contribution in [2.75, 3.05) is 13.2 Å². The third kappa shape index (κ3) is 2.11. The SMILES string of the molecule is CCc1cc(I)nn1C1CCOCC1. The molecule has 0 radical (unpaired) electrons. The Labute approximate surface area is 98.0 Å². The number of aryl methyl sites for hydroxylation is 1. The second kappa shape index (κ2) is 4.61. The Kier molecular flexibility index (Phi) is 3.43. The molecule has 0 bridgehead atoms. The predicted octanol–water partition coefficient (Wildman–Crippen LogP) is 2.40. The summed E-state index contributed by atoms with van der Waals surface area (Å²) in [5, 5.41) is 4.55. The Morgan fingerprint density at radius 2 is 2.29 bits per heavy atom. The molecule has 1 aliphatic heterocycles. The first-order valence-electron chi connectivity index (χ1n) is 5.13. The number of nitrogens with zero attached hydrogens (tertiary/aromatic N) is 2. The molecule has 1 aromatic heterocycles. The lowest BCUT2D eigenvalue weighted by Gasteiger charge is -2.23. The van der Waals surface area contributed by atoms with E-state index in [9.17, 15) is 0 Å². The summed E-state index contributed by atoms with van der Waals surface area (Å²) in [7, 11) is 0. The van der Waals surface area contributed by atoms with E-state index in [0.717, 1.165) is 36.2 Å². The molecule has 1 aromatic rings. The average Bonchev–Trinajstić information content (AvgIpc) is 2.61. The van der Waals surface area contributed by atoms with Crippen molar-refractivity contribution in [3.8, 4) is 0 Å². The maximum atomic E-state index is 5.36. The number of halogens is 1. The highest BCUT2D eigenvalue weighted by atomic mass is 127.